The lowest BCUT2D eigenvalue weighted by Gasteiger charge is -2.30. The van der Waals surface area contributed by atoms with Gasteiger partial charge in [0.05, 0.1) is 0 Å². The Bertz CT molecular complexity index is 779. The summed E-state index contributed by atoms with van der Waals surface area (Å²) in [4.78, 5) is 27.6. The summed E-state index contributed by atoms with van der Waals surface area (Å²) in [7, 11) is 0. The molecule has 5 heteroatoms. The Morgan fingerprint density at radius 2 is 1.69 bits per heavy atom. The molecule has 0 radical (unpaired) electrons. The normalized spacial score (nSPS) is 11.7. The molecular formula is C24H31ClN2O2. The van der Waals surface area contributed by atoms with E-state index in [9.17, 15) is 9.59 Å². The van der Waals surface area contributed by atoms with Crippen LogP contribution >= 0.6 is 11.6 Å². The molecule has 0 fully saturated rings. The number of aryl methyl sites for hydroxylation is 1. The van der Waals surface area contributed by atoms with Crippen molar-refractivity contribution in [3.8, 4) is 0 Å². The van der Waals surface area contributed by atoms with Gasteiger partial charge in [0.25, 0.3) is 0 Å². The molecule has 0 aliphatic rings. The predicted octanol–water partition coefficient (Wildman–Crippen LogP) is 4.65. The van der Waals surface area contributed by atoms with E-state index in [0.717, 1.165) is 24.0 Å². The Labute approximate surface area is 179 Å². The fourth-order valence-corrected chi connectivity index (χ4v) is 3.58. The Balaban J connectivity index is 2.11. The lowest BCUT2D eigenvalue weighted by molar-refractivity contribution is -0.140. The van der Waals surface area contributed by atoms with Gasteiger partial charge in [0.15, 0.2) is 0 Å². The Morgan fingerprint density at radius 3 is 2.34 bits per heavy atom. The third-order valence-electron chi connectivity index (χ3n) is 4.99. The first-order valence-corrected chi connectivity index (χ1v) is 10.8. The highest BCUT2D eigenvalue weighted by atomic mass is 35.5. The van der Waals surface area contributed by atoms with Crippen LogP contribution in [0.1, 0.15) is 44.2 Å². The van der Waals surface area contributed by atoms with Crippen molar-refractivity contribution in [1.82, 2.24) is 10.2 Å². The summed E-state index contributed by atoms with van der Waals surface area (Å²) in [6.45, 7) is 5.11. The van der Waals surface area contributed by atoms with Crippen molar-refractivity contribution in [2.45, 2.75) is 52.0 Å². The molecule has 2 rings (SSSR count). The van der Waals surface area contributed by atoms with Gasteiger partial charge >= 0.3 is 0 Å². The zero-order chi connectivity index (χ0) is 21.1. The first-order chi connectivity index (χ1) is 14.1. The SMILES string of the molecule is CCCNC(=O)[C@H](CC)N(CCc1ccccc1)C(=O)CCc1ccccc1Cl. The van der Waals surface area contributed by atoms with Gasteiger partial charge in [0.2, 0.25) is 11.8 Å². The minimum absolute atomic E-state index is 0.0145. The van der Waals surface area contributed by atoms with Gasteiger partial charge in [-0.05, 0) is 42.9 Å². The first-order valence-electron chi connectivity index (χ1n) is 10.4. The van der Waals surface area contributed by atoms with Gasteiger partial charge in [-0.15, -0.1) is 0 Å². The molecular weight excluding hydrogens is 384 g/mol. The lowest BCUT2D eigenvalue weighted by Crippen LogP contribution is -2.50. The molecule has 29 heavy (non-hydrogen) atoms. The van der Waals surface area contributed by atoms with E-state index in [4.69, 9.17) is 11.6 Å². The molecule has 0 saturated carbocycles. The van der Waals surface area contributed by atoms with Crippen LogP contribution in [-0.4, -0.2) is 35.8 Å². The van der Waals surface area contributed by atoms with Gasteiger partial charge in [0, 0.05) is 24.5 Å². The van der Waals surface area contributed by atoms with E-state index >= 15 is 0 Å². The van der Waals surface area contributed by atoms with E-state index in [1.807, 2.05) is 68.4 Å². The molecule has 4 nitrogen and oxygen atoms in total. The van der Waals surface area contributed by atoms with E-state index in [1.165, 1.54) is 0 Å². The second-order valence-corrected chi connectivity index (χ2v) is 7.54. The van der Waals surface area contributed by atoms with E-state index in [1.54, 1.807) is 4.90 Å². The number of hydrogen-bond donors (Lipinski definition) is 1. The second kappa shape index (κ2) is 12.3. The van der Waals surface area contributed by atoms with Crippen LogP contribution < -0.4 is 5.32 Å². The average molecular weight is 415 g/mol. The van der Waals surface area contributed by atoms with Crippen LogP contribution in [-0.2, 0) is 22.4 Å². The highest BCUT2D eigenvalue weighted by Gasteiger charge is 2.27. The molecule has 0 aromatic heterocycles. The molecule has 2 amide bonds. The molecule has 156 valence electrons. The molecule has 0 bridgehead atoms. The van der Waals surface area contributed by atoms with Gasteiger partial charge in [0.1, 0.15) is 6.04 Å². The van der Waals surface area contributed by atoms with Crippen molar-refractivity contribution in [3.05, 3.63) is 70.7 Å². The van der Waals surface area contributed by atoms with Crippen molar-refractivity contribution < 1.29 is 9.59 Å². The van der Waals surface area contributed by atoms with Crippen LogP contribution in [0.25, 0.3) is 0 Å². The molecule has 0 unspecified atom stereocenters. The van der Waals surface area contributed by atoms with Crippen LogP contribution in [0.4, 0.5) is 0 Å². The van der Waals surface area contributed by atoms with E-state index in [0.29, 0.717) is 37.4 Å². The second-order valence-electron chi connectivity index (χ2n) is 7.13. The van der Waals surface area contributed by atoms with Gasteiger partial charge in [-0.25, -0.2) is 0 Å². The van der Waals surface area contributed by atoms with Gasteiger partial charge in [-0.2, -0.15) is 0 Å². The predicted molar refractivity (Wildman–Crippen MR) is 119 cm³/mol. The molecule has 0 spiro atoms. The minimum Gasteiger partial charge on any atom is -0.354 e. The quantitative estimate of drug-likeness (QED) is 0.581. The fourth-order valence-electron chi connectivity index (χ4n) is 3.35. The highest BCUT2D eigenvalue weighted by molar-refractivity contribution is 6.31. The largest absolute Gasteiger partial charge is 0.354 e. The van der Waals surface area contributed by atoms with Crippen LogP contribution in [0.15, 0.2) is 54.6 Å². The summed E-state index contributed by atoms with van der Waals surface area (Å²) in [5.41, 5.74) is 2.11. The topological polar surface area (TPSA) is 49.4 Å². The maximum Gasteiger partial charge on any atom is 0.242 e. The molecule has 2 aromatic rings. The van der Waals surface area contributed by atoms with Crippen molar-refractivity contribution >= 4 is 23.4 Å². The molecule has 0 heterocycles. The van der Waals surface area contributed by atoms with Crippen LogP contribution in [0.5, 0.6) is 0 Å². The van der Waals surface area contributed by atoms with Crippen LogP contribution in [0, 0.1) is 0 Å². The standard InChI is InChI=1S/C24H31ClN2O2/c1-3-17-26-24(29)22(4-2)27(18-16-19-10-6-5-7-11-19)23(28)15-14-20-12-8-9-13-21(20)25/h5-13,22H,3-4,14-18H2,1-2H3,(H,26,29)/t22-/m0/s1. The van der Waals surface area contributed by atoms with Gasteiger partial charge < -0.3 is 10.2 Å². The van der Waals surface area contributed by atoms with Gasteiger partial charge in [-0.3, -0.25) is 9.59 Å². The molecule has 0 aliphatic carbocycles. The van der Waals surface area contributed by atoms with Gasteiger partial charge in [-0.1, -0.05) is 74.0 Å². The van der Waals surface area contributed by atoms with Crippen molar-refractivity contribution in [3.63, 3.8) is 0 Å². The summed E-state index contributed by atoms with van der Waals surface area (Å²) >= 11 is 6.24. The molecule has 1 atom stereocenters. The number of nitrogens with one attached hydrogen (secondary N) is 1. The summed E-state index contributed by atoms with van der Waals surface area (Å²) in [5.74, 6) is -0.0899. The van der Waals surface area contributed by atoms with Crippen molar-refractivity contribution in [2.24, 2.45) is 0 Å². The van der Waals surface area contributed by atoms with Crippen molar-refractivity contribution in [2.75, 3.05) is 13.1 Å². The molecule has 2 aromatic carbocycles. The Kier molecular flexibility index (Phi) is 9.72. The molecule has 0 aliphatic heterocycles. The molecule has 0 saturated heterocycles. The number of nitrogens with zero attached hydrogens (tertiary/aromatic N) is 1. The Hall–Kier alpha value is -2.33. The maximum absolute atomic E-state index is 13.1. The van der Waals surface area contributed by atoms with Crippen molar-refractivity contribution in [1.29, 1.82) is 0 Å². The number of carbonyl (C=O) groups is 2. The number of benzene rings is 2. The summed E-state index contributed by atoms with van der Waals surface area (Å²) in [6.07, 6.45) is 3.06. The third-order valence-corrected chi connectivity index (χ3v) is 5.35. The summed E-state index contributed by atoms with van der Waals surface area (Å²) in [5, 5.41) is 3.62. The van der Waals surface area contributed by atoms with Crippen LogP contribution in [0.3, 0.4) is 0 Å². The third kappa shape index (κ3) is 7.21. The summed E-state index contributed by atoms with van der Waals surface area (Å²) in [6, 6.07) is 17.2. The fraction of sp³-hybridized carbons (Fsp3) is 0.417. The minimum atomic E-state index is -0.455. The zero-order valence-electron chi connectivity index (χ0n) is 17.4. The van der Waals surface area contributed by atoms with E-state index < -0.39 is 6.04 Å². The highest BCUT2D eigenvalue weighted by Crippen LogP contribution is 2.18. The van der Waals surface area contributed by atoms with E-state index in [-0.39, 0.29) is 11.8 Å². The molecule has 1 N–H and O–H groups in total. The van der Waals surface area contributed by atoms with E-state index in [2.05, 4.69) is 5.32 Å². The first kappa shape index (κ1) is 23.0. The zero-order valence-corrected chi connectivity index (χ0v) is 18.1. The maximum atomic E-state index is 13.1. The smallest absolute Gasteiger partial charge is 0.242 e. The van der Waals surface area contributed by atoms with Crippen LogP contribution in [0.2, 0.25) is 5.02 Å². The number of carbonyl (C=O) groups excluding carboxylic acids is 2. The number of amides is 2. The average Bonchev–Trinajstić information content (AvgIpc) is 2.74. The number of hydrogen-bond acceptors (Lipinski definition) is 2. The summed E-state index contributed by atoms with van der Waals surface area (Å²) < 4.78 is 0. The number of rotatable bonds is 11. The Morgan fingerprint density at radius 1 is 1.00 bits per heavy atom. The monoisotopic (exact) mass is 414 g/mol. The number of halogens is 1. The lowest BCUT2D eigenvalue weighted by atomic mass is 10.1.